The molecule has 2 fully saturated rings. The number of aromatic nitrogens is 1. The molecule has 2 aliphatic heterocycles. The normalized spacial score (nSPS) is 19.9. The number of carbonyl (C=O) groups excluding carboxylic acids is 13. The number of amides is 13. The van der Waals surface area contributed by atoms with E-state index >= 15 is 14.4 Å². The Morgan fingerprint density at radius 3 is 2.02 bits per heavy atom. The van der Waals surface area contributed by atoms with Gasteiger partial charge in [0.1, 0.15) is 60.4 Å². The molecule has 2 aliphatic rings. The number of hydrazine groups is 1. The van der Waals surface area contributed by atoms with Crippen molar-refractivity contribution < 1.29 is 72.2 Å². The van der Waals surface area contributed by atoms with E-state index in [0.717, 1.165) is 17.7 Å². The van der Waals surface area contributed by atoms with Crippen LogP contribution in [-0.2, 0) is 86.4 Å². The standard InChI is InChI=1S/C69H90ClN19O15/c1-36(2)26-48(60(95)80-47(14-8-24-75-69(72)73)67(102)89-25-9-15-55(89)66(101)86-53(32-71)68(103)104)81-62(97)50(29-39-16-19-40-10-4-5-11-41(40)27-39)83-65(100)54-34-77-58(93)35-78-56(91)23-22-46(79-37(3)90)59(94)82-49(28-38-17-20-43(70)21-18-38)61(96)84-51(30-42-33-76-45-13-7-6-12-44(42)45)63(98)85-52(64(99)87-54)31-57(92)88-74/h4-7,10-13,16-21,27,33,36,46-55,76H,8-9,14-15,22-26,28-32,34-35,71,74H2,1-3H3,(H,77,93)(H,78,91)(H,79,90)(H,80,95)(H,81,97)(H,82,94)(H,83,100)(H,84,96)(H,85,98)(H,86,101)(H,87,99)(H,88,92)(H,103,104)(H4,72,73,75)/t46-,47-,48-,49+,50+,51+,52-,53-,54-,55-/m0/s1. The van der Waals surface area contributed by atoms with Crippen LogP contribution in [0.15, 0.2) is 97.2 Å². The number of carboxylic acid groups (broad SMARTS) is 1. The molecule has 0 radical (unpaired) electrons. The Hall–Kier alpha value is -11.3. The molecule has 10 atom stereocenters. The van der Waals surface area contributed by atoms with Crippen molar-refractivity contribution in [3.8, 4) is 0 Å². The minimum absolute atomic E-state index is 0.0439. The molecule has 104 heavy (non-hydrogen) atoms. The monoisotopic (exact) mass is 1460 g/mol. The predicted molar refractivity (Wildman–Crippen MR) is 380 cm³/mol. The lowest BCUT2D eigenvalue weighted by atomic mass is 9.98. The number of guanidine groups is 1. The number of carboxylic acids is 1. The number of aromatic amines is 1. The number of likely N-dealkylation sites (tertiary alicyclic amines) is 1. The van der Waals surface area contributed by atoms with Gasteiger partial charge in [-0.2, -0.15) is 0 Å². The quantitative estimate of drug-likeness (QED) is 0.00661. The van der Waals surface area contributed by atoms with E-state index in [1.54, 1.807) is 98.9 Å². The van der Waals surface area contributed by atoms with Gasteiger partial charge in [-0.1, -0.05) is 98.2 Å². The molecule has 13 amide bonds. The van der Waals surface area contributed by atoms with Crippen LogP contribution in [0, 0.1) is 11.3 Å². The summed E-state index contributed by atoms with van der Waals surface area (Å²) in [5.74, 6) is -8.75. The fourth-order valence-electron chi connectivity index (χ4n) is 12.0. The fourth-order valence-corrected chi connectivity index (χ4v) is 12.1. The van der Waals surface area contributed by atoms with E-state index in [4.69, 9.17) is 34.3 Å². The van der Waals surface area contributed by atoms with Crippen molar-refractivity contribution in [2.75, 3.05) is 32.7 Å². The second-order valence-corrected chi connectivity index (χ2v) is 26.2. The molecular formula is C69H90ClN19O15. The van der Waals surface area contributed by atoms with Gasteiger partial charge in [0, 0.05) is 80.9 Å². The van der Waals surface area contributed by atoms with E-state index < -0.39 is 176 Å². The average molecular weight is 1460 g/mol. The number of hydrogen-bond acceptors (Lipinski definition) is 17. The predicted octanol–water partition coefficient (Wildman–Crippen LogP) is -2.86. The molecule has 2 saturated heterocycles. The van der Waals surface area contributed by atoms with Gasteiger partial charge in [0.05, 0.1) is 13.0 Å². The molecule has 22 N–H and O–H groups in total. The third-order valence-corrected chi connectivity index (χ3v) is 17.6. The van der Waals surface area contributed by atoms with Crippen molar-refractivity contribution in [2.24, 2.45) is 23.2 Å². The van der Waals surface area contributed by atoms with Crippen molar-refractivity contribution in [1.29, 1.82) is 5.41 Å². The fraction of sp³-hybridized carbons (Fsp3) is 0.435. The largest absolute Gasteiger partial charge is 0.480 e. The topological polar surface area (TPSA) is 537 Å². The number of hydrogen-bond donors (Lipinski definition) is 19. The highest BCUT2D eigenvalue weighted by atomic mass is 35.5. The first-order valence-electron chi connectivity index (χ1n) is 33.9. The number of para-hydroxylation sites is 1. The van der Waals surface area contributed by atoms with Crippen LogP contribution < -0.4 is 86.5 Å². The maximum absolute atomic E-state index is 15.2. The summed E-state index contributed by atoms with van der Waals surface area (Å²) in [7, 11) is 0. The Kier molecular flexibility index (Phi) is 29.8. The zero-order chi connectivity index (χ0) is 75.7. The maximum atomic E-state index is 15.2. The zero-order valence-electron chi connectivity index (χ0n) is 57.6. The van der Waals surface area contributed by atoms with Gasteiger partial charge < -0.3 is 90.3 Å². The summed E-state index contributed by atoms with van der Waals surface area (Å²) in [4.78, 5) is 202. The third-order valence-electron chi connectivity index (χ3n) is 17.4. The number of nitrogens with two attached hydrogens (primary N) is 3. The molecule has 35 heteroatoms. The number of benzene rings is 4. The van der Waals surface area contributed by atoms with Crippen molar-refractivity contribution in [3.63, 3.8) is 0 Å². The number of aliphatic carboxylic acids is 1. The number of nitrogens with zero attached hydrogens (tertiary/aromatic N) is 1. The van der Waals surface area contributed by atoms with E-state index in [9.17, 15) is 57.8 Å². The number of nitrogens with one attached hydrogen (secondary N) is 15. The highest BCUT2D eigenvalue weighted by molar-refractivity contribution is 6.30. The molecule has 4 aromatic carbocycles. The number of halogens is 1. The molecule has 0 saturated carbocycles. The van der Waals surface area contributed by atoms with Crippen LogP contribution in [-0.4, -0.2) is 197 Å². The molecule has 558 valence electrons. The van der Waals surface area contributed by atoms with E-state index in [1.807, 2.05) is 17.6 Å². The Bertz CT molecular complexity index is 3990. The maximum Gasteiger partial charge on any atom is 0.327 e. The summed E-state index contributed by atoms with van der Waals surface area (Å²) in [6.45, 7) is 2.71. The number of rotatable bonds is 26. The Labute approximate surface area is 602 Å². The minimum Gasteiger partial charge on any atom is -0.480 e. The van der Waals surface area contributed by atoms with Crippen LogP contribution in [0.4, 0.5) is 0 Å². The molecule has 34 nitrogen and oxygen atoms in total. The van der Waals surface area contributed by atoms with Gasteiger partial charge >= 0.3 is 5.97 Å². The first kappa shape index (κ1) is 80.1. The second-order valence-electron chi connectivity index (χ2n) is 25.8. The van der Waals surface area contributed by atoms with Crippen LogP contribution in [0.3, 0.4) is 0 Å². The lowest BCUT2D eigenvalue weighted by Gasteiger charge is -2.31. The first-order valence-corrected chi connectivity index (χ1v) is 34.3. The Morgan fingerprint density at radius 1 is 0.702 bits per heavy atom. The van der Waals surface area contributed by atoms with E-state index in [2.05, 4.69) is 68.8 Å². The first-order chi connectivity index (χ1) is 49.6. The molecule has 3 heterocycles. The second kappa shape index (κ2) is 38.7. The molecular weight excluding hydrogens is 1370 g/mol. The van der Waals surface area contributed by atoms with Gasteiger partial charge in [0.2, 0.25) is 76.8 Å². The zero-order valence-corrected chi connectivity index (χ0v) is 58.4. The summed E-state index contributed by atoms with van der Waals surface area (Å²) in [6.07, 6.45) is -0.558. The number of fused-ring (bicyclic) bond motifs is 2. The van der Waals surface area contributed by atoms with E-state index in [1.165, 1.54) is 4.90 Å². The van der Waals surface area contributed by atoms with Crippen LogP contribution in [0.2, 0.25) is 5.02 Å². The molecule has 0 bridgehead atoms. The van der Waals surface area contributed by atoms with Gasteiger partial charge in [-0.3, -0.25) is 73.2 Å². The summed E-state index contributed by atoms with van der Waals surface area (Å²) in [5.41, 5.74) is 15.1. The van der Waals surface area contributed by atoms with Crippen LogP contribution in [0.25, 0.3) is 21.7 Å². The van der Waals surface area contributed by atoms with Crippen molar-refractivity contribution in [3.05, 3.63) is 119 Å². The summed E-state index contributed by atoms with van der Waals surface area (Å²) < 4.78 is 0. The molecule has 0 spiro atoms. The van der Waals surface area contributed by atoms with E-state index in [0.29, 0.717) is 39.0 Å². The highest BCUT2D eigenvalue weighted by Gasteiger charge is 2.41. The van der Waals surface area contributed by atoms with Gasteiger partial charge in [0.15, 0.2) is 5.96 Å². The SMILES string of the molecule is CC(=O)N[C@H]1CCC(=O)NCC(=O)NC[C@@H](C(=O)N[C@H](Cc2ccc3ccccc3c2)C(=O)N[C@@H](CC(C)C)C(=O)N[C@@H](CCCNC(=N)N)C(=O)N2CCC[C@H]2C(=O)N[C@@H](CN)C(=O)O)NC(=O)[C@H](CC(=O)NN)NC(=O)[C@@H](Cc2c[nH]c3ccccc23)NC(=O)[C@@H](Cc2ccc(Cl)cc2)NC1=O. The third kappa shape index (κ3) is 23.9. The Morgan fingerprint density at radius 2 is 1.34 bits per heavy atom. The summed E-state index contributed by atoms with van der Waals surface area (Å²) in [6, 6.07) is 10.1. The summed E-state index contributed by atoms with van der Waals surface area (Å²) in [5, 5.41) is 50.6. The molecule has 7 rings (SSSR count). The molecule has 0 unspecified atom stereocenters. The molecule has 1 aromatic heterocycles. The van der Waals surface area contributed by atoms with Crippen molar-refractivity contribution >= 4 is 122 Å². The number of carbonyl (C=O) groups is 14. The highest BCUT2D eigenvalue weighted by Crippen LogP contribution is 2.23. The average Bonchev–Trinajstić information content (AvgIpc) is 1.46. The lowest BCUT2D eigenvalue weighted by molar-refractivity contribution is -0.145. The molecule has 5 aromatic rings. The number of H-pyrrole nitrogens is 1. The lowest BCUT2D eigenvalue weighted by Crippen LogP contribution is -2.63. The van der Waals surface area contributed by atoms with E-state index in [-0.39, 0.29) is 76.3 Å². The van der Waals surface area contributed by atoms with Crippen molar-refractivity contribution in [1.82, 2.24) is 79.1 Å². The van der Waals surface area contributed by atoms with Gasteiger partial charge in [-0.05, 0) is 90.1 Å². The summed E-state index contributed by atoms with van der Waals surface area (Å²) >= 11 is 6.20. The van der Waals surface area contributed by atoms with Gasteiger partial charge in [-0.15, -0.1) is 0 Å². The molecule has 0 aliphatic carbocycles. The van der Waals surface area contributed by atoms with Gasteiger partial charge in [0.25, 0.3) is 0 Å². The Balaban J connectivity index is 1.24. The smallest absolute Gasteiger partial charge is 0.327 e. The van der Waals surface area contributed by atoms with Crippen LogP contribution >= 0.6 is 11.6 Å². The van der Waals surface area contributed by atoms with Gasteiger partial charge in [-0.25, -0.2) is 10.6 Å². The van der Waals surface area contributed by atoms with Crippen LogP contribution in [0.1, 0.15) is 88.8 Å². The minimum atomic E-state index is -1.96. The van der Waals surface area contributed by atoms with Crippen molar-refractivity contribution in [2.45, 2.75) is 152 Å². The van der Waals surface area contributed by atoms with Crippen LogP contribution in [0.5, 0.6) is 0 Å².